The number of esters is 2. The lowest BCUT2D eigenvalue weighted by molar-refractivity contribution is -0.171. The van der Waals surface area contributed by atoms with Gasteiger partial charge in [-0.1, -0.05) is 19.4 Å². The first-order chi connectivity index (χ1) is 15.4. The zero-order chi connectivity index (χ0) is 22.7. The van der Waals surface area contributed by atoms with Crippen molar-refractivity contribution in [3.8, 4) is 11.5 Å². The van der Waals surface area contributed by atoms with Gasteiger partial charge in [0.25, 0.3) is 0 Å². The van der Waals surface area contributed by atoms with Gasteiger partial charge in [0.1, 0.15) is 5.76 Å². The molecule has 1 aliphatic heterocycles. The number of ether oxygens (including phenoxy) is 4. The second kappa shape index (κ2) is 7.51. The fraction of sp³-hybridized carbons (Fsp3) is 0.600. The highest BCUT2D eigenvalue weighted by Gasteiger charge is 2.70. The Morgan fingerprint density at radius 2 is 2.16 bits per heavy atom. The van der Waals surface area contributed by atoms with Gasteiger partial charge in [-0.05, 0) is 62.7 Å². The highest BCUT2D eigenvalue weighted by Crippen LogP contribution is 2.67. The number of benzene rings is 1. The third kappa shape index (κ3) is 2.76. The minimum atomic E-state index is -1.02. The van der Waals surface area contributed by atoms with E-state index in [1.54, 1.807) is 13.2 Å². The molecule has 1 aromatic rings. The van der Waals surface area contributed by atoms with Crippen LogP contribution in [0.4, 0.5) is 0 Å². The maximum absolute atomic E-state index is 12.8. The number of carbonyl (C=O) groups is 2. The monoisotopic (exact) mass is 442 g/mol. The molecule has 1 aromatic carbocycles. The summed E-state index contributed by atoms with van der Waals surface area (Å²) in [4.78, 5) is 24.6. The number of hydrogen-bond donors (Lipinski definition) is 1. The molecule has 1 N–H and O–H groups in total. The second-order valence-electron chi connectivity index (χ2n) is 9.43. The Bertz CT molecular complexity index is 998. The fourth-order valence-electron chi connectivity index (χ4n) is 6.39. The van der Waals surface area contributed by atoms with Gasteiger partial charge >= 0.3 is 11.9 Å². The summed E-state index contributed by atoms with van der Waals surface area (Å²) in [5, 5.41) is 12.0. The van der Waals surface area contributed by atoms with Crippen LogP contribution in [-0.2, 0) is 30.9 Å². The molecular weight excluding hydrogens is 412 g/mol. The summed E-state index contributed by atoms with van der Waals surface area (Å²) in [6, 6.07) is 3.98. The minimum Gasteiger partial charge on any atom is -0.493 e. The van der Waals surface area contributed by atoms with Crippen molar-refractivity contribution in [2.45, 2.75) is 82.0 Å². The van der Waals surface area contributed by atoms with Gasteiger partial charge in [-0.2, -0.15) is 0 Å². The fourth-order valence-corrected chi connectivity index (χ4v) is 6.39. The predicted molar refractivity (Wildman–Crippen MR) is 114 cm³/mol. The quantitative estimate of drug-likeness (QED) is 0.676. The second-order valence-corrected chi connectivity index (χ2v) is 9.43. The molecule has 5 atom stereocenters. The first kappa shape index (κ1) is 21.3. The van der Waals surface area contributed by atoms with Crippen molar-refractivity contribution in [1.82, 2.24) is 0 Å². The molecular formula is C25H30O7. The van der Waals surface area contributed by atoms with Crippen molar-refractivity contribution in [1.29, 1.82) is 0 Å². The zero-order valence-corrected chi connectivity index (χ0v) is 18.8. The van der Waals surface area contributed by atoms with Gasteiger partial charge in [-0.15, -0.1) is 0 Å². The van der Waals surface area contributed by atoms with Crippen LogP contribution in [0.25, 0.3) is 0 Å². The van der Waals surface area contributed by atoms with Crippen molar-refractivity contribution < 1.29 is 33.6 Å². The molecule has 3 aliphatic carbocycles. The van der Waals surface area contributed by atoms with E-state index in [1.807, 2.05) is 13.0 Å². The standard InChI is InChI=1S/C25H30O7/c1-4-6-19(26)30-14(2)23(27)31-18-10-12-25(28)16-7-5-11-24(25)20-15(13-16)8-9-17(29-3)21(20)32-22(18)24/h8-10,14,16,22,28H,4-7,11-13H2,1-3H3/t14-,16+,22-,24-,25+/m0/s1. The van der Waals surface area contributed by atoms with E-state index >= 15 is 0 Å². The minimum absolute atomic E-state index is 0.122. The lowest BCUT2D eigenvalue weighted by Gasteiger charge is -2.59. The highest BCUT2D eigenvalue weighted by molar-refractivity contribution is 5.80. The van der Waals surface area contributed by atoms with Crippen LogP contribution in [0.15, 0.2) is 24.0 Å². The summed E-state index contributed by atoms with van der Waals surface area (Å²) >= 11 is 0. The van der Waals surface area contributed by atoms with Crippen LogP contribution in [0.3, 0.4) is 0 Å². The van der Waals surface area contributed by atoms with E-state index in [0.717, 1.165) is 31.2 Å². The number of methoxy groups -OCH3 is 1. The number of carbonyl (C=O) groups excluding carboxylic acids is 2. The molecule has 1 saturated carbocycles. The summed E-state index contributed by atoms with van der Waals surface area (Å²) in [5.41, 5.74) is 0.534. The summed E-state index contributed by atoms with van der Waals surface area (Å²) in [5.74, 6) is 0.689. The van der Waals surface area contributed by atoms with E-state index in [4.69, 9.17) is 18.9 Å². The summed E-state index contributed by atoms with van der Waals surface area (Å²) in [7, 11) is 1.60. The van der Waals surface area contributed by atoms with Gasteiger partial charge in [-0.25, -0.2) is 4.79 Å². The molecule has 1 heterocycles. The Morgan fingerprint density at radius 1 is 1.34 bits per heavy atom. The van der Waals surface area contributed by atoms with Gasteiger partial charge < -0.3 is 24.1 Å². The Labute approximate surface area is 187 Å². The molecule has 0 amide bonds. The molecule has 2 bridgehead atoms. The maximum atomic E-state index is 12.8. The third-order valence-corrected chi connectivity index (χ3v) is 7.78. The van der Waals surface area contributed by atoms with Gasteiger partial charge in [-0.3, -0.25) is 4.79 Å². The Balaban J connectivity index is 1.51. The summed E-state index contributed by atoms with van der Waals surface area (Å²) in [6.45, 7) is 3.38. The van der Waals surface area contributed by atoms with E-state index in [0.29, 0.717) is 30.1 Å². The average Bonchev–Trinajstić information content (AvgIpc) is 3.10. The molecule has 0 aromatic heterocycles. The highest BCUT2D eigenvalue weighted by atomic mass is 16.6. The Hall–Kier alpha value is -2.54. The van der Waals surface area contributed by atoms with Gasteiger partial charge in [0, 0.05) is 12.0 Å². The molecule has 0 saturated heterocycles. The molecule has 1 spiro atoms. The Morgan fingerprint density at radius 3 is 2.91 bits per heavy atom. The molecule has 1 fully saturated rings. The first-order valence-electron chi connectivity index (χ1n) is 11.6. The molecule has 0 unspecified atom stereocenters. The third-order valence-electron chi connectivity index (χ3n) is 7.78. The van der Waals surface area contributed by atoms with E-state index in [2.05, 4.69) is 6.07 Å². The maximum Gasteiger partial charge on any atom is 0.352 e. The van der Waals surface area contributed by atoms with E-state index < -0.39 is 35.2 Å². The van der Waals surface area contributed by atoms with Crippen LogP contribution in [0.2, 0.25) is 0 Å². The summed E-state index contributed by atoms with van der Waals surface area (Å²) in [6.07, 6.45) is 4.89. The molecule has 172 valence electrons. The normalized spacial score (nSPS) is 32.2. The van der Waals surface area contributed by atoms with Crippen LogP contribution in [-0.4, -0.2) is 42.0 Å². The smallest absolute Gasteiger partial charge is 0.352 e. The zero-order valence-electron chi connectivity index (χ0n) is 18.8. The van der Waals surface area contributed by atoms with E-state index in [9.17, 15) is 14.7 Å². The SMILES string of the molecule is CCCC(=O)O[C@@H](C)C(=O)OC1=CC[C@@]2(O)[C@@H]3CCC[C@@]24c2c(ccc(OC)c2O[C@@H]14)C3. The van der Waals surface area contributed by atoms with Gasteiger partial charge in [0.2, 0.25) is 0 Å². The largest absolute Gasteiger partial charge is 0.493 e. The van der Waals surface area contributed by atoms with Crippen LogP contribution in [0, 0.1) is 5.92 Å². The lowest BCUT2D eigenvalue weighted by Crippen LogP contribution is -2.67. The molecule has 5 rings (SSSR count). The number of rotatable bonds is 6. The van der Waals surface area contributed by atoms with Crippen molar-refractivity contribution in [3.05, 3.63) is 35.1 Å². The molecule has 32 heavy (non-hydrogen) atoms. The van der Waals surface area contributed by atoms with Crippen LogP contribution in [0.1, 0.15) is 63.5 Å². The number of aliphatic hydroxyl groups is 1. The van der Waals surface area contributed by atoms with E-state index in [1.165, 1.54) is 12.5 Å². The molecule has 7 heteroatoms. The molecule has 4 aliphatic rings. The van der Waals surface area contributed by atoms with Crippen molar-refractivity contribution >= 4 is 11.9 Å². The average molecular weight is 443 g/mol. The van der Waals surface area contributed by atoms with E-state index in [-0.39, 0.29) is 12.3 Å². The van der Waals surface area contributed by atoms with Crippen molar-refractivity contribution in [2.75, 3.05) is 7.11 Å². The molecule has 0 radical (unpaired) electrons. The first-order valence-corrected chi connectivity index (χ1v) is 11.6. The van der Waals surface area contributed by atoms with Crippen LogP contribution < -0.4 is 9.47 Å². The van der Waals surface area contributed by atoms with Crippen molar-refractivity contribution in [3.63, 3.8) is 0 Å². The topological polar surface area (TPSA) is 91.3 Å². The van der Waals surface area contributed by atoms with Gasteiger partial charge in [0.15, 0.2) is 23.7 Å². The predicted octanol–water partition coefficient (Wildman–Crippen LogP) is 3.34. The van der Waals surface area contributed by atoms with Crippen LogP contribution in [0.5, 0.6) is 11.5 Å². The van der Waals surface area contributed by atoms with Crippen LogP contribution >= 0.6 is 0 Å². The molecule has 7 nitrogen and oxygen atoms in total. The lowest BCUT2D eigenvalue weighted by atomic mass is 9.47. The van der Waals surface area contributed by atoms with Gasteiger partial charge in [0.05, 0.1) is 18.1 Å². The van der Waals surface area contributed by atoms with Crippen molar-refractivity contribution in [2.24, 2.45) is 5.92 Å². The number of hydrogen-bond acceptors (Lipinski definition) is 7. The summed E-state index contributed by atoms with van der Waals surface area (Å²) < 4.78 is 23.0. The Kier molecular flexibility index (Phi) is 5.00.